The van der Waals surface area contributed by atoms with E-state index in [9.17, 15) is 13.2 Å². The molecule has 24 heavy (non-hydrogen) atoms. The molecule has 0 saturated carbocycles. The van der Waals surface area contributed by atoms with Gasteiger partial charge >= 0.3 is 10.2 Å². The lowest BCUT2D eigenvalue weighted by Gasteiger charge is -2.48. The lowest BCUT2D eigenvalue weighted by molar-refractivity contribution is 0.00913. The van der Waals surface area contributed by atoms with Crippen LogP contribution in [0.25, 0.3) is 0 Å². The maximum Gasteiger partial charge on any atom is 0.324 e. The van der Waals surface area contributed by atoms with Gasteiger partial charge in [0.05, 0.1) is 23.5 Å². The third kappa shape index (κ3) is 1.92. The Hall–Kier alpha value is -1.80. The van der Waals surface area contributed by atoms with Gasteiger partial charge in [-0.05, 0) is 44.0 Å². The number of piperidine rings is 3. The lowest BCUT2D eigenvalue weighted by atomic mass is 9.83. The van der Waals surface area contributed by atoms with E-state index in [1.807, 2.05) is 4.90 Å². The van der Waals surface area contributed by atoms with Gasteiger partial charge in [0.15, 0.2) is 0 Å². The van der Waals surface area contributed by atoms with Crippen molar-refractivity contribution in [1.29, 1.82) is 0 Å². The van der Waals surface area contributed by atoms with Crippen LogP contribution >= 0.6 is 0 Å². The Kier molecular flexibility index (Phi) is 2.94. The van der Waals surface area contributed by atoms with Crippen LogP contribution in [-0.4, -0.2) is 62.9 Å². The molecule has 5 aliphatic heterocycles. The number of carbonyl (C=O) groups excluding carboxylic acids is 1. The highest BCUT2D eigenvalue weighted by atomic mass is 32.2. The molecule has 3 fully saturated rings. The van der Waals surface area contributed by atoms with E-state index in [2.05, 4.69) is 9.62 Å². The number of nitrogens with one attached hydrogen (secondary N) is 1. The minimum Gasteiger partial charge on any atom is -0.332 e. The first kappa shape index (κ1) is 14.5. The molecule has 6 rings (SSSR count). The summed E-state index contributed by atoms with van der Waals surface area (Å²) in [5.74, 6) is 0.502. The summed E-state index contributed by atoms with van der Waals surface area (Å²) >= 11 is 0. The Balaban J connectivity index is 1.57. The first-order chi connectivity index (χ1) is 11.5. The molecule has 5 aliphatic rings. The van der Waals surface area contributed by atoms with E-state index in [1.54, 1.807) is 18.2 Å². The van der Waals surface area contributed by atoms with Crippen molar-refractivity contribution in [2.45, 2.75) is 18.9 Å². The third-order valence-electron chi connectivity index (χ3n) is 5.87. The molecule has 7 nitrogen and oxygen atoms in total. The van der Waals surface area contributed by atoms with E-state index in [4.69, 9.17) is 0 Å². The number of carbonyl (C=O) groups is 1. The van der Waals surface area contributed by atoms with Crippen molar-refractivity contribution in [1.82, 2.24) is 9.80 Å². The summed E-state index contributed by atoms with van der Waals surface area (Å²) in [5.41, 5.74) is 1.53. The molecule has 1 amide bonds. The first-order valence-electron chi connectivity index (χ1n) is 8.51. The van der Waals surface area contributed by atoms with Gasteiger partial charge in [-0.1, -0.05) is 6.07 Å². The second kappa shape index (κ2) is 4.86. The molecule has 5 heterocycles. The van der Waals surface area contributed by atoms with E-state index in [1.165, 1.54) is 4.31 Å². The Bertz CT molecular complexity index is 817. The molecule has 0 spiro atoms. The summed E-state index contributed by atoms with van der Waals surface area (Å²) in [7, 11) is -3.58. The van der Waals surface area contributed by atoms with Gasteiger partial charge in [-0.3, -0.25) is 9.52 Å². The number of anilines is 2. The van der Waals surface area contributed by atoms with Crippen molar-refractivity contribution >= 4 is 27.5 Å². The normalized spacial score (nSPS) is 33.2. The zero-order valence-corrected chi connectivity index (χ0v) is 14.1. The van der Waals surface area contributed by atoms with Crippen LogP contribution in [0.5, 0.6) is 0 Å². The SMILES string of the molecule is O=C1c2cccc3c2N(CCN1C1CN2CCC1CC2)S(=O)(=O)N3. The molecule has 0 radical (unpaired) electrons. The second-order valence-corrected chi connectivity index (χ2v) is 8.68. The molecule has 1 N–H and O–H groups in total. The van der Waals surface area contributed by atoms with Gasteiger partial charge in [-0.2, -0.15) is 8.42 Å². The van der Waals surface area contributed by atoms with Crippen molar-refractivity contribution in [3.05, 3.63) is 23.8 Å². The van der Waals surface area contributed by atoms with Crippen molar-refractivity contribution in [3.8, 4) is 0 Å². The summed E-state index contributed by atoms with van der Waals surface area (Å²) in [5, 5.41) is 0. The van der Waals surface area contributed by atoms with Gasteiger partial charge in [0.2, 0.25) is 0 Å². The quantitative estimate of drug-likeness (QED) is 0.811. The molecule has 1 aromatic rings. The summed E-state index contributed by atoms with van der Waals surface area (Å²) in [6.07, 6.45) is 2.26. The minimum absolute atomic E-state index is 0.0352. The van der Waals surface area contributed by atoms with Crippen molar-refractivity contribution in [3.63, 3.8) is 0 Å². The molecule has 1 unspecified atom stereocenters. The predicted molar refractivity (Wildman–Crippen MR) is 90.3 cm³/mol. The smallest absolute Gasteiger partial charge is 0.324 e. The highest BCUT2D eigenvalue weighted by Gasteiger charge is 2.44. The van der Waals surface area contributed by atoms with Crippen molar-refractivity contribution < 1.29 is 13.2 Å². The maximum atomic E-state index is 13.2. The van der Waals surface area contributed by atoms with E-state index in [0.717, 1.165) is 32.5 Å². The molecule has 0 aliphatic carbocycles. The molecular formula is C16H20N4O3S. The van der Waals surface area contributed by atoms with E-state index in [0.29, 0.717) is 35.9 Å². The van der Waals surface area contributed by atoms with E-state index < -0.39 is 10.2 Å². The molecular weight excluding hydrogens is 328 g/mol. The van der Waals surface area contributed by atoms with Crippen LogP contribution in [0.4, 0.5) is 11.4 Å². The van der Waals surface area contributed by atoms with Gasteiger partial charge < -0.3 is 9.80 Å². The van der Waals surface area contributed by atoms with Gasteiger partial charge in [0.25, 0.3) is 5.91 Å². The average Bonchev–Trinajstić information content (AvgIpc) is 2.74. The van der Waals surface area contributed by atoms with Gasteiger partial charge in [0.1, 0.15) is 0 Å². The summed E-state index contributed by atoms with van der Waals surface area (Å²) < 4.78 is 28.7. The number of amides is 1. The number of rotatable bonds is 1. The standard InChI is InChI=1S/C16H20N4O3S/c21-16-12-2-1-3-13-15(12)20(24(22,23)17-13)9-8-19(16)14-10-18-6-4-11(14)5-7-18/h1-3,11,14,17H,4-10H2. The fourth-order valence-electron chi connectivity index (χ4n) is 4.67. The summed E-state index contributed by atoms with van der Waals surface area (Å²) in [6.45, 7) is 3.91. The van der Waals surface area contributed by atoms with Crippen LogP contribution in [0.15, 0.2) is 18.2 Å². The Morgan fingerprint density at radius 3 is 2.58 bits per heavy atom. The number of fused-ring (bicyclic) bond motifs is 3. The monoisotopic (exact) mass is 348 g/mol. The van der Waals surface area contributed by atoms with Gasteiger partial charge in [-0.25, -0.2) is 4.31 Å². The molecule has 1 aromatic carbocycles. The minimum atomic E-state index is -3.58. The Morgan fingerprint density at radius 2 is 1.88 bits per heavy atom. The molecule has 3 saturated heterocycles. The average molecular weight is 348 g/mol. The van der Waals surface area contributed by atoms with Crippen LogP contribution in [0.3, 0.4) is 0 Å². The number of nitrogens with zero attached hydrogens (tertiary/aromatic N) is 3. The number of benzene rings is 1. The number of para-hydroxylation sites is 1. The summed E-state index contributed by atoms with van der Waals surface area (Å²) in [4.78, 5) is 17.6. The second-order valence-electron chi connectivity index (χ2n) is 7.08. The fraction of sp³-hybridized carbons (Fsp3) is 0.562. The molecule has 2 bridgehead atoms. The largest absolute Gasteiger partial charge is 0.332 e. The van der Waals surface area contributed by atoms with Crippen molar-refractivity contribution in [2.75, 3.05) is 41.8 Å². The number of hydrogen-bond donors (Lipinski definition) is 1. The highest BCUT2D eigenvalue weighted by molar-refractivity contribution is 7.94. The predicted octanol–water partition coefficient (Wildman–Crippen LogP) is 0.713. The highest BCUT2D eigenvalue weighted by Crippen LogP contribution is 2.41. The van der Waals surface area contributed by atoms with E-state index >= 15 is 0 Å². The Morgan fingerprint density at radius 1 is 1.08 bits per heavy atom. The topological polar surface area (TPSA) is 73.0 Å². The molecule has 1 atom stereocenters. The Labute approximate surface area is 141 Å². The molecule has 0 aromatic heterocycles. The van der Waals surface area contributed by atoms with Gasteiger partial charge in [0, 0.05) is 19.1 Å². The van der Waals surface area contributed by atoms with Crippen LogP contribution in [-0.2, 0) is 10.2 Å². The van der Waals surface area contributed by atoms with Crippen LogP contribution in [0.1, 0.15) is 23.2 Å². The first-order valence-corrected chi connectivity index (χ1v) is 9.95. The van der Waals surface area contributed by atoms with Crippen LogP contribution in [0, 0.1) is 5.92 Å². The van der Waals surface area contributed by atoms with Gasteiger partial charge in [-0.15, -0.1) is 0 Å². The number of hydrogen-bond acceptors (Lipinski definition) is 4. The van der Waals surface area contributed by atoms with Crippen molar-refractivity contribution in [2.24, 2.45) is 5.92 Å². The molecule has 128 valence electrons. The summed E-state index contributed by atoms with van der Waals surface area (Å²) in [6, 6.07) is 5.41. The molecule has 8 heteroatoms. The fourth-order valence-corrected chi connectivity index (χ4v) is 5.98. The zero-order chi connectivity index (χ0) is 16.5. The van der Waals surface area contributed by atoms with Crippen LogP contribution in [0.2, 0.25) is 0 Å². The zero-order valence-electron chi connectivity index (χ0n) is 13.3. The maximum absolute atomic E-state index is 13.2. The van der Waals surface area contributed by atoms with Crippen LogP contribution < -0.4 is 9.03 Å². The lowest BCUT2D eigenvalue weighted by Crippen LogP contribution is -2.59. The van der Waals surface area contributed by atoms with E-state index in [-0.39, 0.29) is 11.9 Å². The third-order valence-corrected chi connectivity index (χ3v) is 7.30.